The van der Waals surface area contributed by atoms with E-state index >= 15 is 0 Å². The van der Waals surface area contributed by atoms with Gasteiger partial charge in [-0.3, -0.25) is 4.90 Å². The van der Waals surface area contributed by atoms with Crippen molar-refractivity contribution >= 4 is 0 Å². The molecule has 1 atom stereocenters. The van der Waals surface area contributed by atoms with Gasteiger partial charge in [0.1, 0.15) is 5.82 Å². The Hall–Kier alpha value is -0.870. The summed E-state index contributed by atoms with van der Waals surface area (Å²) in [6.45, 7) is 7.35. The van der Waals surface area contributed by atoms with Gasteiger partial charge in [0.2, 0.25) is 0 Å². The summed E-state index contributed by atoms with van der Waals surface area (Å²) < 4.78 is 2.01. The van der Waals surface area contributed by atoms with Crippen LogP contribution in [0.3, 0.4) is 0 Å². The number of aliphatic hydroxyl groups excluding tert-OH is 1. The number of aryl methyl sites for hydroxylation is 1. The molecule has 0 aliphatic heterocycles. The van der Waals surface area contributed by atoms with Gasteiger partial charge < -0.3 is 9.67 Å². The largest absolute Gasteiger partial charge is 0.395 e. The molecule has 0 aliphatic rings. The minimum Gasteiger partial charge on any atom is -0.395 e. The van der Waals surface area contributed by atoms with Gasteiger partial charge in [0.25, 0.3) is 0 Å². The lowest BCUT2D eigenvalue weighted by atomic mass is 9.86. The van der Waals surface area contributed by atoms with E-state index in [1.807, 2.05) is 24.9 Å². The van der Waals surface area contributed by atoms with Crippen molar-refractivity contribution in [1.29, 1.82) is 0 Å². The van der Waals surface area contributed by atoms with Gasteiger partial charge in [0.05, 0.1) is 13.2 Å². The van der Waals surface area contributed by atoms with Crippen molar-refractivity contribution in [1.82, 2.24) is 14.5 Å². The molecule has 0 spiro atoms. The highest BCUT2D eigenvalue weighted by Gasteiger charge is 2.28. The summed E-state index contributed by atoms with van der Waals surface area (Å²) in [4.78, 5) is 6.45. The Morgan fingerprint density at radius 2 is 2.12 bits per heavy atom. The third kappa shape index (κ3) is 3.06. The monoisotopic (exact) mass is 225 g/mol. The second kappa shape index (κ2) is 4.97. The summed E-state index contributed by atoms with van der Waals surface area (Å²) in [5, 5.41) is 9.46. The second-order valence-electron chi connectivity index (χ2n) is 5.43. The molecule has 1 N–H and O–H groups in total. The van der Waals surface area contributed by atoms with Gasteiger partial charge in [-0.1, -0.05) is 20.8 Å². The minimum absolute atomic E-state index is 0.0642. The summed E-state index contributed by atoms with van der Waals surface area (Å²) in [5.41, 5.74) is 0.0642. The van der Waals surface area contributed by atoms with Gasteiger partial charge in [-0.15, -0.1) is 0 Å². The minimum atomic E-state index is 0.0642. The molecule has 1 unspecified atom stereocenters. The highest BCUT2D eigenvalue weighted by Crippen LogP contribution is 2.24. The fourth-order valence-electron chi connectivity index (χ4n) is 1.96. The lowest BCUT2D eigenvalue weighted by Gasteiger charge is -2.36. The Balaban J connectivity index is 2.71. The first kappa shape index (κ1) is 13.2. The fourth-order valence-corrected chi connectivity index (χ4v) is 1.96. The summed E-state index contributed by atoms with van der Waals surface area (Å²) in [6.07, 6.45) is 3.74. The zero-order chi connectivity index (χ0) is 12.3. The third-order valence-corrected chi connectivity index (χ3v) is 3.02. The van der Waals surface area contributed by atoms with Crippen molar-refractivity contribution in [3.05, 3.63) is 18.2 Å². The van der Waals surface area contributed by atoms with Crippen molar-refractivity contribution in [2.75, 3.05) is 13.7 Å². The molecule has 0 fully saturated rings. The first-order valence-corrected chi connectivity index (χ1v) is 5.63. The summed E-state index contributed by atoms with van der Waals surface area (Å²) in [5.74, 6) is 1.02. The molecule has 1 aromatic rings. The molecule has 0 bridgehead atoms. The fraction of sp³-hybridized carbons (Fsp3) is 0.750. The molecular weight excluding hydrogens is 202 g/mol. The first-order valence-electron chi connectivity index (χ1n) is 5.63. The number of hydrogen-bond acceptors (Lipinski definition) is 3. The van der Waals surface area contributed by atoms with E-state index in [1.165, 1.54) is 0 Å². The van der Waals surface area contributed by atoms with Crippen LogP contribution in [0.5, 0.6) is 0 Å². The maximum atomic E-state index is 9.46. The molecule has 1 rings (SSSR count). The summed E-state index contributed by atoms with van der Waals surface area (Å²) in [6, 6.07) is 0.143. The van der Waals surface area contributed by atoms with E-state index in [2.05, 4.69) is 30.7 Å². The zero-order valence-corrected chi connectivity index (χ0v) is 10.9. The molecule has 0 saturated carbocycles. The van der Waals surface area contributed by atoms with Crippen LogP contribution in [0.15, 0.2) is 12.4 Å². The van der Waals surface area contributed by atoms with Gasteiger partial charge in [-0.25, -0.2) is 4.98 Å². The van der Waals surface area contributed by atoms with E-state index in [9.17, 15) is 5.11 Å². The Morgan fingerprint density at radius 3 is 2.50 bits per heavy atom. The van der Waals surface area contributed by atoms with Crippen molar-refractivity contribution in [2.24, 2.45) is 12.5 Å². The lowest BCUT2D eigenvalue weighted by molar-refractivity contribution is 0.0593. The Labute approximate surface area is 97.9 Å². The van der Waals surface area contributed by atoms with Gasteiger partial charge in [-0.2, -0.15) is 0 Å². The molecule has 1 aromatic heterocycles. The molecule has 0 aliphatic carbocycles. The molecule has 4 nitrogen and oxygen atoms in total. The molecule has 0 amide bonds. The van der Waals surface area contributed by atoms with Crippen LogP contribution in [0.25, 0.3) is 0 Å². The van der Waals surface area contributed by atoms with Crippen LogP contribution in [0.4, 0.5) is 0 Å². The third-order valence-electron chi connectivity index (χ3n) is 3.02. The highest BCUT2D eigenvalue weighted by atomic mass is 16.3. The first-order chi connectivity index (χ1) is 7.36. The maximum absolute atomic E-state index is 9.46. The smallest absolute Gasteiger partial charge is 0.122 e. The number of imidazole rings is 1. The molecule has 0 saturated heterocycles. The van der Waals surface area contributed by atoms with E-state index in [0.29, 0.717) is 0 Å². The lowest BCUT2D eigenvalue weighted by Crippen LogP contribution is -2.44. The average molecular weight is 225 g/mol. The summed E-state index contributed by atoms with van der Waals surface area (Å²) in [7, 11) is 4.02. The van der Waals surface area contributed by atoms with Crippen molar-refractivity contribution in [2.45, 2.75) is 33.4 Å². The quantitative estimate of drug-likeness (QED) is 0.838. The molecule has 16 heavy (non-hydrogen) atoms. The molecule has 1 heterocycles. The van der Waals surface area contributed by atoms with Gasteiger partial charge >= 0.3 is 0 Å². The second-order valence-corrected chi connectivity index (χ2v) is 5.43. The van der Waals surface area contributed by atoms with Crippen molar-refractivity contribution in [3.63, 3.8) is 0 Å². The summed E-state index contributed by atoms with van der Waals surface area (Å²) >= 11 is 0. The molecule has 0 aromatic carbocycles. The number of nitrogens with zero attached hydrogens (tertiary/aromatic N) is 3. The van der Waals surface area contributed by atoms with Gasteiger partial charge in [-0.05, 0) is 12.5 Å². The van der Waals surface area contributed by atoms with Crippen molar-refractivity contribution in [3.8, 4) is 0 Å². The molecule has 0 radical (unpaired) electrons. The van der Waals surface area contributed by atoms with Crippen LogP contribution >= 0.6 is 0 Å². The maximum Gasteiger partial charge on any atom is 0.122 e. The highest BCUT2D eigenvalue weighted by molar-refractivity contribution is 4.92. The van der Waals surface area contributed by atoms with Gasteiger partial charge in [0, 0.05) is 25.5 Å². The van der Waals surface area contributed by atoms with E-state index < -0.39 is 0 Å². The zero-order valence-electron chi connectivity index (χ0n) is 10.9. The van der Waals surface area contributed by atoms with Crippen LogP contribution in [0, 0.1) is 5.41 Å². The Kier molecular flexibility index (Phi) is 4.10. The van der Waals surface area contributed by atoms with Crippen LogP contribution in [0.2, 0.25) is 0 Å². The number of aliphatic hydroxyl groups is 1. The number of likely N-dealkylation sites (N-methyl/N-ethyl adjacent to an activating group) is 1. The Morgan fingerprint density at radius 1 is 1.50 bits per heavy atom. The van der Waals surface area contributed by atoms with Crippen LogP contribution in [-0.4, -0.2) is 39.3 Å². The van der Waals surface area contributed by atoms with E-state index in [1.54, 1.807) is 6.20 Å². The normalized spacial score (nSPS) is 14.4. The molecule has 4 heteroatoms. The Bertz CT molecular complexity index is 327. The standard InChI is InChI=1S/C12H23N3O/c1-12(2,3)10(9-16)15(5)8-11-13-6-7-14(11)4/h6-7,10,16H,8-9H2,1-5H3. The van der Waals surface area contributed by atoms with Crippen LogP contribution in [0.1, 0.15) is 26.6 Å². The number of rotatable bonds is 4. The number of aromatic nitrogens is 2. The number of hydrogen-bond donors (Lipinski definition) is 1. The van der Waals surface area contributed by atoms with E-state index in [-0.39, 0.29) is 18.1 Å². The topological polar surface area (TPSA) is 41.3 Å². The van der Waals surface area contributed by atoms with Crippen molar-refractivity contribution < 1.29 is 5.11 Å². The predicted molar refractivity (Wildman–Crippen MR) is 65.0 cm³/mol. The molecular formula is C12H23N3O. The average Bonchev–Trinajstić information content (AvgIpc) is 2.50. The molecule has 92 valence electrons. The van der Waals surface area contributed by atoms with Crippen LogP contribution < -0.4 is 0 Å². The predicted octanol–water partition coefficient (Wildman–Crippen LogP) is 1.26. The van der Waals surface area contributed by atoms with Crippen LogP contribution in [-0.2, 0) is 13.6 Å². The van der Waals surface area contributed by atoms with E-state index in [4.69, 9.17) is 0 Å². The SMILES string of the molecule is CN(Cc1nccn1C)C(CO)C(C)(C)C. The van der Waals surface area contributed by atoms with Gasteiger partial charge in [0.15, 0.2) is 0 Å². The van der Waals surface area contributed by atoms with E-state index in [0.717, 1.165) is 12.4 Å².